The van der Waals surface area contributed by atoms with Crippen molar-refractivity contribution >= 4 is 5.91 Å². The Hall–Kier alpha value is -2.35. The smallest absolute Gasteiger partial charge is 0.273 e. The predicted octanol–water partition coefficient (Wildman–Crippen LogP) is 2.36. The second-order valence-electron chi connectivity index (χ2n) is 6.17. The fourth-order valence-electron chi connectivity index (χ4n) is 3.04. The molecule has 1 fully saturated rings. The first-order valence-corrected chi connectivity index (χ1v) is 8.47. The van der Waals surface area contributed by atoms with Gasteiger partial charge < -0.3 is 10.6 Å². The zero-order valence-corrected chi connectivity index (χ0v) is 14.0. The molecule has 0 spiro atoms. The first kappa shape index (κ1) is 17.5. The van der Waals surface area contributed by atoms with Crippen molar-refractivity contribution in [2.45, 2.75) is 38.3 Å². The normalized spacial score (nSPS) is 16.6. The van der Waals surface area contributed by atoms with Crippen LogP contribution in [0.3, 0.4) is 0 Å². The van der Waals surface area contributed by atoms with Crippen molar-refractivity contribution in [3.63, 3.8) is 0 Å². The van der Waals surface area contributed by atoms with Crippen LogP contribution in [0.15, 0.2) is 24.4 Å². The van der Waals surface area contributed by atoms with Crippen LogP contribution in [0, 0.1) is 11.6 Å². The topological polar surface area (TPSA) is 71.8 Å². The van der Waals surface area contributed by atoms with E-state index in [4.69, 9.17) is 0 Å². The summed E-state index contributed by atoms with van der Waals surface area (Å²) in [5.74, 6) is -1.54. The van der Waals surface area contributed by atoms with Gasteiger partial charge in [-0.15, -0.1) is 5.10 Å². The van der Waals surface area contributed by atoms with Gasteiger partial charge in [-0.25, -0.2) is 13.5 Å². The van der Waals surface area contributed by atoms with E-state index in [0.29, 0.717) is 6.42 Å². The van der Waals surface area contributed by atoms with E-state index in [0.717, 1.165) is 44.1 Å². The predicted molar refractivity (Wildman–Crippen MR) is 88.0 cm³/mol. The van der Waals surface area contributed by atoms with Crippen LogP contribution in [0.4, 0.5) is 8.78 Å². The van der Waals surface area contributed by atoms with Crippen LogP contribution in [0.25, 0.3) is 0 Å². The minimum Gasteiger partial charge on any atom is -0.344 e. The molecule has 1 aromatic heterocycles. The molecule has 0 radical (unpaired) electrons. The average Bonchev–Trinajstić information content (AvgIpc) is 3.13. The summed E-state index contributed by atoms with van der Waals surface area (Å²) in [6.45, 7) is 3.60. The lowest BCUT2D eigenvalue weighted by Gasteiger charge is -2.22. The van der Waals surface area contributed by atoms with Gasteiger partial charge in [-0.3, -0.25) is 4.79 Å². The van der Waals surface area contributed by atoms with Crippen LogP contribution in [0.5, 0.6) is 0 Å². The Morgan fingerprint density at radius 1 is 1.40 bits per heavy atom. The van der Waals surface area contributed by atoms with Gasteiger partial charge in [0.2, 0.25) is 0 Å². The second kappa shape index (κ2) is 7.69. The molecule has 0 saturated carbocycles. The van der Waals surface area contributed by atoms with Gasteiger partial charge in [0.1, 0.15) is 11.6 Å². The lowest BCUT2D eigenvalue weighted by Crippen LogP contribution is -2.30. The first-order chi connectivity index (χ1) is 12.1. The molecule has 2 aromatic rings. The highest BCUT2D eigenvalue weighted by molar-refractivity contribution is 5.92. The minimum atomic E-state index is -0.632. The van der Waals surface area contributed by atoms with Gasteiger partial charge in [0.25, 0.3) is 5.91 Å². The van der Waals surface area contributed by atoms with Crippen molar-refractivity contribution in [3.05, 3.63) is 47.3 Å². The highest BCUT2D eigenvalue weighted by atomic mass is 19.1. The Bertz CT molecular complexity index is 742. The summed E-state index contributed by atoms with van der Waals surface area (Å²) in [6, 6.07) is 2.81. The van der Waals surface area contributed by atoms with Crippen LogP contribution in [0.1, 0.15) is 54.3 Å². The molecule has 1 unspecified atom stereocenters. The van der Waals surface area contributed by atoms with Crippen molar-refractivity contribution < 1.29 is 13.6 Å². The maximum absolute atomic E-state index is 14.0. The number of hydrogen-bond donors (Lipinski definition) is 2. The van der Waals surface area contributed by atoms with E-state index in [9.17, 15) is 13.6 Å². The fraction of sp³-hybridized carbons (Fsp3) is 0.471. The molecule has 1 atom stereocenters. The number of benzene rings is 1. The third-order valence-electron chi connectivity index (χ3n) is 4.47. The largest absolute Gasteiger partial charge is 0.344 e. The van der Waals surface area contributed by atoms with Gasteiger partial charge in [0.15, 0.2) is 5.69 Å². The SMILES string of the molecule is CCC(NC(=O)c1cn(C2CCNCC2)nn1)c1cc(F)ccc1F. The Morgan fingerprint density at radius 3 is 2.88 bits per heavy atom. The van der Waals surface area contributed by atoms with E-state index in [1.54, 1.807) is 17.8 Å². The van der Waals surface area contributed by atoms with Crippen molar-refractivity contribution in [2.24, 2.45) is 0 Å². The molecule has 1 aliphatic rings. The maximum Gasteiger partial charge on any atom is 0.273 e. The number of halogens is 2. The van der Waals surface area contributed by atoms with Crippen molar-refractivity contribution in [2.75, 3.05) is 13.1 Å². The van der Waals surface area contributed by atoms with Gasteiger partial charge in [-0.05, 0) is 50.6 Å². The maximum atomic E-state index is 14.0. The molecule has 1 saturated heterocycles. The molecule has 0 aliphatic carbocycles. The van der Waals surface area contributed by atoms with E-state index >= 15 is 0 Å². The molecule has 0 bridgehead atoms. The molecule has 3 rings (SSSR count). The Balaban J connectivity index is 1.72. The monoisotopic (exact) mass is 349 g/mol. The molecule has 2 heterocycles. The molecule has 134 valence electrons. The number of rotatable bonds is 5. The van der Waals surface area contributed by atoms with Crippen molar-refractivity contribution in [1.82, 2.24) is 25.6 Å². The van der Waals surface area contributed by atoms with Gasteiger partial charge >= 0.3 is 0 Å². The number of nitrogens with one attached hydrogen (secondary N) is 2. The van der Waals surface area contributed by atoms with Gasteiger partial charge in [-0.1, -0.05) is 12.1 Å². The molecule has 25 heavy (non-hydrogen) atoms. The Labute approximate surface area is 144 Å². The second-order valence-corrected chi connectivity index (χ2v) is 6.17. The highest BCUT2D eigenvalue weighted by Gasteiger charge is 2.22. The lowest BCUT2D eigenvalue weighted by atomic mass is 10.0. The number of nitrogens with zero attached hydrogens (tertiary/aromatic N) is 3. The summed E-state index contributed by atoms with van der Waals surface area (Å²) >= 11 is 0. The highest BCUT2D eigenvalue weighted by Crippen LogP contribution is 2.22. The summed E-state index contributed by atoms with van der Waals surface area (Å²) < 4.78 is 29.1. The van der Waals surface area contributed by atoms with Crippen LogP contribution in [-0.4, -0.2) is 34.0 Å². The quantitative estimate of drug-likeness (QED) is 0.869. The molecule has 1 aliphatic heterocycles. The van der Waals surface area contributed by atoms with E-state index in [1.165, 1.54) is 0 Å². The van der Waals surface area contributed by atoms with Crippen LogP contribution in [-0.2, 0) is 0 Å². The molecule has 8 heteroatoms. The third kappa shape index (κ3) is 4.01. The number of hydrogen-bond acceptors (Lipinski definition) is 4. The molecule has 1 amide bonds. The Morgan fingerprint density at radius 2 is 2.16 bits per heavy atom. The minimum absolute atomic E-state index is 0.126. The summed E-state index contributed by atoms with van der Waals surface area (Å²) in [5.41, 5.74) is 0.301. The molecular weight excluding hydrogens is 328 g/mol. The standard InChI is InChI=1S/C17H21F2N5O/c1-2-15(13-9-11(18)3-4-14(13)19)21-17(25)16-10-24(23-22-16)12-5-7-20-8-6-12/h3-4,9-10,12,15,20H,2,5-8H2,1H3,(H,21,25). The fourth-order valence-corrected chi connectivity index (χ4v) is 3.04. The summed E-state index contributed by atoms with van der Waals surface area (Å²) in [4.78, 5) is 12.4. The zero-order valence-electron chi connectivity index (χ0n) is 14.0. The third-order valence-corrected chi connectivity index (χ3v) is 4.47. The van der Waals surface area contributed by atoms with E-state index in [-0.39, 0.29) is 17.3 Å². The molecule has 1 aromatic carbocycles. The average molecular weight is 349 g/mol. The van der Waals surface area contributed by atoms with Gasteiger partial charge in [0.05, 0.1) is 18.3 Å². The Kier molecular flexibility index (Phi) is 5.37. The number of aromatic nitrogens is 3. The number of carbonyl (C=O) groups is 1. The number of amides is 1. The van der Waals surface area contributed by atoms with Crippen LogP contribution >= 0.6 is 0 Å². The van der Waals surface area contributed by atoms with Crippen LogP contribution in [0.2, 0.25) is 0 Å². The van der Waals surface area contributed by atoms with Gasteiger partial charge in [-0.2, -0.15) is 0 Å². The zero-order chi connectivity index (χ0) is 17.8. The van der Waals surface area contributed by atoms with Crippen molar-refractivity contribution in [1.29, 1.82) is 0 Å². The van der Waals surface area contributed by atoms with E-state index < -0.39 is 23.6 Å². The first-order valence-electron chi connectivity index (χ1n) is 8.47. The van der Waals surface area contributed by atoms with E-state index in [1.807, 2.05) is 0 Å². The molecular formula is C17H21F2N5O. The number of carbonyl (C=O) groups excluding carboxylic acids is 1. The van der Waals surface area contributed by atoms with Gasteiger partial charge in [0, 0.05) is 5.56 Å². The summed E-state index contributed by atoms with van der Waals surface area (Å²) in [7, 11) is 0. The van der Waals surface area contributed by atoms with Crippen LogP contribution < -0.4 is 10.6 Å². The summed E-state index contributed by atoms with van der Waals surface area (Å²) in [6.07, 6.45) is 3.89. The number of piperidine rings is 1. The molecule has 2 N–H and O–H groups in total. The molecule has 6 nitrogen and oxygen atoms in total. The van der Waals surface area contributed by atoms with Crippen molar-refractivity contribution in [3.8, 4) is 0 Å². The van der Waals surface area contributed by atoms with E-state index in [2.05, 4.69) is 20.9 Å². The summed E-state index contributed by atoms with van der Waals surface area (Å²) in [5, 5.41) is 13.9. The lowest BCUT2D eigenvalue weighted by molar-refractivity contribution is 0.0929.